The van der Waals surface area contributed by atoms with Gasteiger partial charge in [-0.15, -0.1) is 0 Å². The fourth-order valence-corrected chi connectivity index (χ4v) is 0.958. The van der Waals surface area contributed by atoms with Gasteiger partial charge in [-0.25, -0.2) is 0 Å². The first-order valence-corrected chi connectivity index (χ1v) is 3.79. The van der Waals surface area contributed by atoms with Gasteiger partial charge in [-0.05, 0) is 40.3 Å². The smallest absolute Gasteiger partial charge is 0.0130 e. The minimum Gasteiger partial charge on any atom is -0.269 e. The lowest BCUT2D eigenvalue weighted by Gasteiger charge is -1.90. The molecule has 11 heavy (non-hydrogen) atoms. The van der Waals surface area contributed by atoms with Crippen molar-refractivity contribution in [3.8, 4) is 0 Å². The molecule has 0 saturated heterocycles. The fraction of sp³-hybridized carbons (Fsp3) is 0. The number of hydrogen-bond acceptors (Lipinski definition) is 0. The zero-order valence-corrected chi connectivity index (χ0v) is 7.95. The van der Waals surface area contributed by atoms with Crippen LogP contribution in [0, 0.1) is 3.57 Å². The molecule has 0 nitrogen and oxygen atoms in total. The van der Waals surface area contributed by atoms with Crippen LogP contribution in [0.2, 0.25) is 0 Å². The second-order valence-electron chi connectivity index (χ2n) is 1.76. The Bertz CT molecular complexity index is 206. The lowest BCUT2D eigenvalue weighted by molar-refractivity contribution is 1.11. The molecule has 1 aromatic rings. The van der Waals surface area contributed by atoms with Crippen molar-refractivity contribution in [1.29, 1.82) is 0 Å². The van der Waals surface area contributed by atoms with Crippen molar-refractivity contribution in [3.05, 3.63) is 40.0 Å². The van der Waals surface area contributed by atoms with E-state index in [1.807, 2.05) is 6.08 Å². The molecule has 0 unspecified atom stereocenters. The second-order valence-corrected chi connectivity index (χ2v) is 3.00. The van der Waals surface area contributed by atoms with Crippen LogP contribution in [0.15, 0.2) is 30.8 Å². The fourth-order valence-electron chi connectivity index (χ4n) is 0.599. The molecule has 0 aliphatic heterocycles. The first-order chi connectivity index (χ1) is 4.33. The summed E-state index contributed by atoms with van der Waals surface area (Å²) in [6.07, 6.45) is 1.84. The normalized spacial score (nSPS) is 7.36. The predicted molar refractivity (Wildman–Crippen MR) is 54.3 cm³/mol. The minimum absolute atomic E-state index is 0. The second kappa shape index (κ2) is 6.27. The molecule has 3 heteroatoms. The van der Waals surface area contributed by atoms with Gasteiger partial charge in [-0.3, -0.25) is 9.41 Å². The maximum Gasteiger partial charge on any atom is 0.0130 e. The molecular weight excluding hydrogens is 261 g/mol. The van der Waals surface area contributed by atoms with Crippen LogP contribution < -0.4 is 0 Å². The van der Waals surface area contributed by atoms with E-state index in [9.17, 15) is 0 Å². The average Bonchev–Trinajstić information content (AvgIpc) is 1.90. The van der Waals surface area contributed by atoms with E-state index in [4.69, 9.17) is 0 Å². The number of halogens is 3. The third-order valence-electron chi connectivity index (χ3n) is 1.11. The molecule has 1 rings (SSSR count). The Morgan fingerprint density at radius 3 is 1.91 bits per heavy atom. The van der Waals surface area contributed by atoms with Gasteiger partial charge in [0.1, 0.15) is 0 Å². The first kappa shape index (κ1) is 13.2. The van der Waals surface area contributed by atoms with Crippen molar-refractivity contribution in [1.82, 2.24) is 0 Å². The van der Waals surface area contributed by atoms with Crippen LogP contribution in [0.4, 0.5) is 9.41 Å². The summed E-state index contributed by atoms with van der Waals surface area (Å²) in [7, 11) is 0. The zero-order chi connectivity index (χ0) is 6.69. The predicted octanol–water partition coefficient (Wildman–Crippen LogP) is 3.24. The average molecular weight is 270 g/mol. The highest BCUT2D eigenvalue weighted by Crippen LogP contribution is 2.06. The van der Waals surface area contributed by atoms with Crippen LogP contribution in [0.3, 0.4) is 0 Å². The molecule has 0 atom stereocenters. The maximum atomic E-state index is 3.66. The molecule has 62 valence electrons. The molecule has 0 amide bonds. The highest BCUT2D eigenvalue weighted by Gasteiger charge is 1.83. The molecule has 1 aromatic carbocycles. The van der Waals surface area contributed by atoms with Gasteiger partial charge in [0.25, 0.3) is 0 Å². The standard InChI is InChI=1S/C8H7I.2FH/c1-2-7-3-5-8(9)6-4-7;;/h2-6H,1H2;2*1H. The summed E-state index contributed by atoms with van der Waals surface area (Å²) in [6, 6.07) is 8.23. The Balaban J connectivity index is 0. The zero-order valence-electron chi connectivity index (χ0n) is 5.79. The number of benzene rings is 1. The van der Waals surface area contributed by atoms with E-state index in [0.29, 0.717) is 0 Å². The van der Waals surface area contributed by atoms with E-state index < -0.39 is 0 Å². The molecule has 0 aromatic heterocycles. The van der Waals surface area contributed by atoms with Crippen LogP contribution >= 0.6 is 22.6 Å². The summed E-state index contributed by atoms with van der Waals surface area (Å²) < 4.78 is 1.26. The van der Waals surface area contributed by atoms with E-state index in [-0.39, 0.29) is 9.41 Å². The molecule has 0 bridgehead atoms. The highest BCUT2D eigenvalue weighted by atomic mass is 127. The van der Waals surface area contributed by atoms with Crippen LogP contribution in [0.1, 0.15) is 5.56 Å². The molecule has 0 spiro atoms. The van der Waals surface area contributed by atoms with Gasteiger partial charge in [0.05, 0.1) is 0 Å². The quantitative estimate of drug-likeness (QED) is 0.687. The number of rotatable bonds is 1. The van der Waals surface area contributed by atoms with Gasteiger partial charge in [0.15, 0.2) is 0 Å². The van der Waals surface area contributed by atoms with Gasteiger partial charge in [0, 0.05) is 3.57 Å². The summed E-state index contributed by atoms with van der Waals surface area (Å²) in [6.45, 7) is 3.66. The lowest BCUT2D eigenvalue weighted by Crippen LogP contribution is -1.70. The third-order valence-corrected chi connectivity index (χ3v) is 1.82. The SMILES string of the molecule is C=Cc1ccc(I)cc1.F.F. The maximum absolute atomic E-state index is 3.66. The third kappa shape index (κ3) is 4.08. The molecule has 0 fully saturated rings. The molecule has 0 radical (unpaired) electrons. The lowest BCUT2D eigenvalue weighted by atomic mass is 10.2. The Hall–Kier alpha value is -0.450. The summed E-state index contributed by atoms with van der Waals surface area (Å²) in [5, 5.41) is 0. The summed E-state index contributed by atoms with van der Waals surface area (Å²) in [5.41, 5.74) is 1.18. The van der Waals surface area contributed by atoms with Gasteiger partial charge in [-0.2, -0.15) is 0 Å². The van der Waals surface area contributed by atoms with E-state index >= 15 is 0 Å². The van der Waals surface area contributed by atoms with Crippen LogP contribution in [-0.4, -0.2) is 0 Å². The highest BCUT2D eigenvalue weighted by molar-refractivity contribution is 14.1. The van der Waals surface area contributed by atoms with Gasteiger partial charge < -0.3 is 0 Å². The van der Waals surface area contributed by atoms with E-state index in [2.05, 4.69) is 53.4 Å². The van der Waals surface area contributed by atoms with Crippen molar-refractivity contribution in [2.24, 2.45) is 0 Å². The van der Waals surface area contributed by atoms with Crippen molar-refractivity contribution in [2.45, 2.75) is 0 Å². The van der Waals surface area contributed by atoms with E-state index in [0.717, 1.165) is 0 Å². The summed E-state index contributed by atoms with van der Waals surface area (Å²) in [4.78, 5) is 0. The van der Waals surface area contributed by atoms with Gasteiger partial charge in [0.2, 0.25) is 0 Å². The van der Waals surface area contributed by atoms with Crippen molar-refractivity contribution >= 4 is 28.7 Å². The molecule has 0 aliphatic carbocycles. The van der Waals surface area contributed by atoms with Crippen LogP contribution in [-0.2, 0) is 0 Å². The van der Waals surface area contributed by atoms with Crippen LogP contribution in [0.5, 0.6) is 0 Å². The molecule has 0 heterocycles. The summed E-state index contributed by atoms with van der Waals surface area (Å²) >= 11 is 2.28. The number of hydrogen-bond donors (Lipinski definition) is 0. The van der Waals surface area contributed by atoms with Gasteiger partial charge >= 0.3 is 0 Å². The summed E-state index contributed by atoms with van der Waals surface area (Å²) in [5.74, 6) is 0. The Morgan fingerprint density at radius 2 is 1.55 bits per heavy atom. The molecular formula is C8H9F2I. The molecule has 0 aliphatic rings. The first-order valence-electron chi connectivity index (χ1n) is 2.71. The van der Waals surface area contributed by atoms with Crippen molar-refractivity contribution in [2.75, 3.05) is 0 Å². The van der Waals surface area contributed by atoms with Crippen LogP contribution in [0.25, 0.3) is 6.08 Å². The largest absolute Gasteiger partial charge is 0.269 e. The minimum atomic E-state index is 0. The van der Waals surface area contributed by atoms with Crippen molar-refractivity contribution < 1.29 is 9.41 Å². The topological polar surface area (TPSA) is 0 Å². The van der Waals surface area contributed by atoms with Gasteiger partial charge in [-0.1, -0.05) is 24.8 Å². The Labute approximate surface area is 78.2 Å². The Kier molecular flexibility index (Phi) is 7.51. The Morgan fingerprint density at radius 1 is 1.09 bits per heavy atom. The van der Waals surface area contributed by atoms with Crippen molar-refractivity contribution in [3.63, 3.8) is 0 Å². The molecule has 0 N–H and O–H groups in total. The molecule has 0 saturated carbocycles. The van der Waals surface area contributed by atoms with E-state index in [1.165, 1.54) is 9.13 Å². The van der Waals surface area contributed by atoms with E-state index in [1.54, 1.807) is 0 Å². The monoisotopic (exact) mass is 270 g/mol.